The Kier molecular flexibility index (Phi) is 4.34. The van der Waals surface area contributed by atoms with Crippen molar-refractivity contribution in [3.05, 3.63) is 38.9 Å². The molecule has 1 atom stereocenters. The summed E-state index contributed by atoms with van der Waals surface area (Å²) in [6.07, 6.45) is 1.63. The first-order valence-corrected chi connectivity index (χ1v) is 6.18. The van der Waals surface area contributed by atoms with E-state index in [1.54, 1.807) is 0 Å². The number of hydrogen-bond donors (Lipinski definition) is 0. The molecule has 102 valence electrons. The second-order valence-electron chi connectivity index (χ2n) is 4.15. The Morgan fingerprint density at radius 3 is 3.00 bits per heavy atom. The minimum absolute atomic E-state index is 0.0997. The summed E-state index contributed by atoms with van der Waals surface area (Å²) in [4.78, 5) is 22.0. The third-order valence-corrected chi connectivity index (χ3v) is 3.03. The van der Waals surface area contributed by atoms with Crippen molar-refractivity contribution in [2.75, 3.05) is 13.2 Å². The van der Waals surface area contributed by atoms with Crippen molar-refractivity contribution < 1.29 is 19.2 Å². The molecule has 2 rings (SSSR count). The number of carbonyl (C=O) groups excluding carboxylic acids is 1. The maximum absolute atomic E-state index is 11.8. The molecule has 1 saturated heterocycles. The number of esters is 1. The van der Waals surface area contributed by atoms with Gasteiger partial charge in [-0.3, -0.25) is 10.1 Å². The molecule has 19 heavy (non-hydrogen) atoms. The van der Waals surface area contributed by atoms with Crippen LogP contribution in [-0.4, -0.2) is 30.2 Å². The molecule has 6 nitrogen and oxygen atoms in total. The summed E-state index contributed by atoms with van der Waals surface area (Å²) in [7, 11) is 0. The smallest absolute Gasteiger partial charge is 0.345 e. The van der Waals surface area contributed by atoms with Crippen LogP contribution in [0.2, 0.25) is 5.02 Å². The van der Waals surface area contributed by atoms with Gasteiger partial charge in [-0.25, -0.2) is 4.79 Å². The first kappa shape index (κ1) is 13.8. The molecule has 0 radical (unpaired) electrons. The van der Waals surface area contributed by atoms with Gasteiger partial charge in [0.2, 0.25) is 0 Å². The van der Waals surface area contributed by atoms with Gasteiger partial charge in [0.05, 0.1) is 11.0 Å². The highest BCUT2D eigenvalue weighted by atomic mass is 35.5. The SMILES string of the molecule is O=C(OC[C@@H]1CCCO1)c1cc(Cl)ccc1[N+](=O)[O-]. The van der Waals surface area contributed by atoms with E-state index in [4.69, 9.17) is 21.1 Å². The fraction of sp³-hybridized carbons (Fsp3) is 0.417. The van der Waals surface area contributed by atoms with Crippen LogP contribution >= 0.6 is 11.6 Å². The standard InChI is InChI=1S/C12H12ClNO5/c13-8-3-4-11(14(16)17)10(6-8)12(15)19-7-9-2-1-5-18-9/h3-4,6,9H,1-2,5,7H2/t9-/m0/s1. The van der Waals surface area contributed by atoms with Gasteiger partial charge in [-0.1, -0.05) is 11.6 Å². The van der Waals surface area contributed by atoms with Gasteiger partial charge in [-0.05, 0) is 25.0 Å². The van der Waals surface area contributed by atoms with Gasteiger partial charge >= 0.3 is 5.97 Å². The molecule has 0 amide bonds. The molecule has 0 aromatic heterocycles. The van der Waals surface area contributed by atoms with Gasteiger partial charge in [0, 0.05) is 17.7 Å². The third kappa shape index (κ3) is 3.42. The van der Waals surface area contributed by atoms with Gasteiger partial charge in [-0.2, -0.15) is 0 Å². The molecule has 1 heterocycles. The van der Waals surface area contributed by atoms with Crippen molar-refractivity contribution in [1.29, 1.82) is 0 Å². The summed E-state index contributed by atoms with van der Waals surface area (Å²) in [5.41, 5.74) is -0.461. The van der Waals surface area contributed by atoms with E-state index in [2.05, 4.69) is 0 Å². The summed E-state index contributed by atoms with van der Waals surface area (Å²) in [6, 6.07) is 3.78. The number of nitro groups is 1. The van der Waals surface area contributed by atoms with E-state index in [9.17, 15) is 14.9 Å². The maximum atomic E-state index is 11.8. The zero-order valence-electron chi connectivity index (χ0n) is 10.0. The number of hydrogen-bond acceptors (Lipinski definition) is 5. The average Bonchev–Trinajstić information content (AvgIpc) is 2.88. The Hall–Kier alpha value is -1.66. The summed E-state index contributed by atoms with van der Waals surface area (Å²) in [5, 5.41) is 11.1. The van der Waals surface area contributed by atoms with Gasteiger partial charge in [0.15, 0.2) is 0 Å². The highest BCUT2D eigenvalue weighted by Gasteiger charge is 2.24. The lowest BCUT2D eigenvalue weighted by Gasteiger charge is -2.10. The van der Waals surface area contributed by atoms with E-state index in [0.29, 0.717) is 6.61 Å². The van der Waals surface area contributed by atoms with E-state index in [-0.39, 0.29) is 29.0 Å². The number of nitrogens with zero attached hydrogens (tertiary/aromatic N) is 1. The van der Waals surface area contributed by atoms with Crippen LogP contribution in [0.4, 0.5) is 5.69 Å². The molecule has 1 fully saturated rings. The summed E-state index contributed by atoms with van der Waals surface area (Å²) >= 11 is 5.74. The van der Waals surface area contributed by atoms with Crippen molar-refractivity contribution in [2.24, 2.45) is 0 Å². The molecule has 7 heteroatoms. The van der Waals surface area contributed by atoms with Crippen LogP contribution in [0.1, 0.15) is 23.2 Å². The van der Waals surface area contributed by atoms with Crippen LogP contribution in [0.15, 0.2) is 18.2 Å². The summed E-state index contributed by atoms with van der Waals surface area (Å²) in [6.45, 7) is 0.752. The number of halogens is 1. The van der Waals surface area contributed by atoms with Crippen molar-refractivity contribution in [1.82, 2.24) is 0 Å². The monoisotopic (exact) mass is 285 g/mol. The Morgan fingerprint density at radius 1 is 1.58 bits per heavy atom. The van der Waals surface area contributed by atoms with Crippen LogP contribution in [-0.2, 0) is 9.47 Å². The molecule has 0 N–H and O–H groups in total. The average molecular weight is 286 g/mol. The molecule has 1 aromatic rings. The van der Waals surface area contributed by atoms with Gasteiger partial charge in [0.25, 0.3) is 5.69 Å². The van der Waals surface area contributed by atoms with E-state index in [1.165, 1.54) is 18.2 Å². The van der Waals surface area contributed by atoms with Crippen LogP contribution in [0.3, 0.4) is 0 Å². The third-order valence-electron chi connectivity index (χ3n) is 2.80. The highest BCUT2D eigenvalue weighted by Crippen LogP contribution is 2.24. The van der Waals surface area contributed by atoms with Crippen molar-refractivity contribution in [3.8, 4) is 0 Å². The van der Waals surface area contributed by atoms with E-state index < -0.39 is 10.9 Å². The molecule has 0 spiro atoms. The number of carbonyl (C=O) groups is 1. The Morgan fingerprint density at radius 2 is 2.37 bits per heavy atom. The number of ether oxygens (including phenoxy) is 2. The minimum atomic E-state index is -0.760. The molecule has 1 aliphatic heterocycles. The van der Waals surface area contributed by atoms with Crippen LogP contribution < -0.4 is 0 Å². The van der Waals surface area contributed by atoms with E-state index >= 15 is 0 Å². The first-order valence-electron chi connectivity index (χ1n) is 5.80. The van der Waals surface area contributed by atoms with Crippen molar-refractivity contribution >= 4 is 23.3 Å². The molecular weight excluding hydrogens is 274 g/mol. The molecular formula is C12H12ClNO5. The van der Waals surface area contributed by atoms with E-state index in [1.807, 2.05) is 0 Å². The number of benzene rings is 1. The molecule has 1 aliphatic rings. The number of nitro benzene ring substituents is 1. The summed E-state index contributed by atoms with van der Waals surface area (Å²) < 4.78 is 10.3. The fourth-order valence-corrected chi connectivity index (χ4v) is 2.03. The van der Waals surface area contributed by atoms with Crippen LogP contribution in [0, 0.1) is 10.1 Å². The summed E-state index contributed by atoms with van der Waals surface area (Å²) in [5.74, 6) is -0.760. The highest BCUT2D eigenvalue weighted by molar-refractivity contribution is 6.31. The largest absolute Gasteiger partial charge is 0.459 e. The Bertz CT molecular complexity index is 499. The lowest BCUT2D eigenvalue weighted by atomic mass is 10.2. The van der Waals surface area contributed by atoms with E-state index in [0.717, 1.165) is 12.8 Å². The second kappa shape index (κ2) is 5.99. The quantitative estimate of drug-likeness (QED) is 0.482. The maximum Gasteiger partial charge on any atom is 0.345 e. The zero-order valence-corrected chi connectivity index (χ0v) is 10.8. The first-order chi connectivity index (χ1) is 9.08. The predicted molar refractivity (Wildman–Crippen MR) is 67.4 cm³/mol. The zero-order chi connectivity index (χ0) is 13.8. The van der Waals surface area contributed by atoms with Crippen molar-refractivity contribution in [2.45, 2.75) is 18.9 Å². The minimum Gasteiger partial charge on any atom is -0.459 e. The fourth-order valence-electron chi connectivity index (χ4n) is 1.85. The normalized spacial score (nSPS) is 18.3. The van der Waals surface area contributed by atoms with Gasteiger partial charge in [-0.15, -0.1) is 0 Å². The lowest BCUT2D eigenvalue weighted by Crippen LogP contribution is -2.18. The van der Waals surface area contributed by atoms with Crippen LogP contribution in [0.25, 0.3) is 0 Å². The molecule has 0 bridgehead atoms. The number of rotatable bonds is 4. The second-order valence-corrected chi connectivity index (χ2v) is 4.59. The molecule has 0 aliphatic carbocycles. The van der Waals surface area contributed by atoms with Gasteiger partial charge < -0.3 is 9.47 Å². The molecule has 1 aromatic carbocycles. The van der Waals surface area contributed by atoms with Crippen molar-refractivity contribution in [3.63, 3.8) is 0 Å². The topological polar surface area (TPSA) is 78.7 Å². The molecule has 0 saturated carbocycles. The lowest BCUT2D eigenvalue weighted by molar-refractivity contribution is -0.385. The van der Waals surface area contributed by atoms with Gasteiger partial charge in [0.1, 0.15) is 12.2 Å². The van der Waals surface area contributed by atoms with Crippen LogP contribution in [0.5, 0.6) is 0 Å². The Balaban J connectivity index is 2.08. The predicted octanol–water partition coefficient (Wildman–Crippen LogP) is 2.58. The Labute approximate surface area is 114 Å². The molecule has 0 unspecified atom stereocenters.